The average Bonchev–Trinajstić information content (AvgIpc) is 2.48. The Morgan fingerprint density at radius 1 is 1.27 bits per heavy atom. The van der Waals surface area contributed by atoms with E-state index >= 15 is 0 Å². The van der Waals surface area contributed by atoms with Gasteiger partial charge in [0.2, 0.25) is 0 Å². The second-order valence-electron chi connectivity index (χ2n) is 4.76. The quantitative estimate of drug-likeness (QED) is 0.379. The molecule has 0 radical (unpaired) electrons. The monoisotopic (exact) mass is 301 g/mol. The van der Waals surface area contributed by atoms with E-state index in [-0.39, 0.29) is 18.5 Å². The van der Waals surface area contributed by atoms with Crippen molar-refractivity contribution in [2.45, 2.75) is 19.8 Å². The Morgan fingerprint density at radius 2 is 1.95 bits per heavy atom. The van der Waals surface area contributed by atoms with E-state index in [1.807, 2.05) is 31.2 Å². The Hall–Kier alpha value is -2.81. The van der Waals surface area contributed by atoms with E-state index in [1.54, 1.807) is 6.07 Å². The summed E-state index contributed by atoms with van der Waals surface area (Å²) in [6.07, 6.45) is 1.95. The summed E-state index contributed by atoms with van der Waals surface area (Å²) in [6.45, 7) is 2.61. The van der Waals surface area contributed by atoms with Crippen molar-refractivity contribution in [2.75, 3.05) is 13.1 Å². The van der Waals surface area contributed by atoms with E-state index in [0.717, 1.165) is 12.0 Å². The SMILES string of the molecule is Cc1ccc(CCN/C=C(/C#N)C(=O)NCCC(=O)O)cc1. The maximum absolute atomic E-state index is 11.6. The molecule has 3 N–H and O–H groups in total. The van der Waals surface area contributed by atoms with Crippen LogP contribution < -0.4 is 10.6 Å². The van der Waals surface area contributed by atoms with Gasteiger partial charge in [-0.25, -0.2) is 0 Å². The van der Waals surface area contributed by atoms with E-state index in [9.17, 15) is 9.59 Å². The van der Waals surface area contributed by atoms with Crippen molar-refractivity contribution in [3.05, 3.63) is 47.2 Å². The van der Waals surface area contributed by atoms with Gasteiger partial charge in [-0.2, -0.15) is 5.26 Å². The van der Waals surface area contributed by atoms with Crippen LogP contribution in [0.4, 0.5) is 0 Å². The summed E-state index contributed by atoms with van der Waals surface area (Å²) >= 11 is 0. The highest BCUT2D eigenvalue weighted by Crippen LogP contribution is 2.03. The number of carboxylic acid groups (broad SMARTS) is 1. The van der Waals surface area contributed by atoms with Crippen LogP contribution in [0.15, 0.2) is 36.0 Å². The van der Waals surface area contributed by atoms with Crippen molar-refractivity contribution in [1.82, 2.24) is 10.6 Å². The number of aryl methyl sites for hydroxylation is 1. The van der Waals surface area contributed by atoms with Crippen LogP contribution in [-0.4, -0.2) is 30.1 Å². The van der Waals surface area contributed by atoms with Crippen LogP contribution in [0.3, 0.4) is 0 Å². The summed E-state index contributed by atoms with van der Waals surface area (Å²) < 4.78 is 0. The number of hydrogen-bond acceptors (Lipinski definition) is 4. The molecule has 0 fully saturated rings. The minimum atomic E-state index is -1.00. The number of aliphatic carboxylic acids is 1. The summed E-state index contributed by atoms with van der Waals surface area (Å²) in [7, 11) is 0. The van der Waals surface area contributed by atoms with Crippen molar-refractivity contribution in [2.24, 2.45) is 0 Å². The average molecular weight is 301 g/mol. The van der Waals surface area contributed by atoms with Gasteiger partial charge >= 0.3 is 5.97 Å². The lowest BCUT2D eigenvalue weighted by Gasteiger charge is -2.04. The first kappa shape index (κ1) is 17.2. The Kier molecular flexibility index (Phi) is 7.20. The molecule has 1 rings (SSSR count). The molecule has 0 aliphatic rings. The van der Waals surface area contributed by atoms with Crippen LogP contribution in [0.2, 0.25) is 0 Å². The number of nitriles is 1. The van der Waals surface area contributed by atoms with Crippen LogP contribution in [0.1, 0.15) is 17.5 Å². The predicted molar refractivity (Wildman–Crippen MR) is 81.8 cm³/mol. The van der Waals surface area contributed by atoms with Crippen molar-refractivity contribution in [3.63, 3.8) is 0 Å². The molecular formula is C16H19N3O3. The van der Waals surface area contributed by atoms with Gasteiger partial charge in [0.25, 0.3) is 5.91 Å². The van der Waals surface area contributed by atoms with Crippen molar-refractivity contribution in [3.8, 4) is 6.07 Å². The summed E-state index contributed by atoms with van der Waals surface area (Å²) in [4.78, 5) is 22.0. The van der Waals surface area contributed by atoms with Gasteiger partial charge in [0.05, 0.1) is 6.42 Å². The van der Waals surface area contributed by atoms with Gasteiger partial charge in [0.1, 0.15) is 11.6 Å². The number of benzene rings is 1. The van der Waals surface area contributed by atoms with Gasteiger partial charge in [-0.05, 0) is 18.9 Å². The first-order valence-corrected chi connectivity index (χ1v) is 6.92. The fraction of sp³-hybridized carbons (Fsp3) is 0.312. The highest BCUT2D eigenvalue weighted by Gasteiger charge is 2.08. The van der Waals surface area contributed by atoms with Crippen LogP contribution in [-0.2, 0) is 16.0 Å². The molecule has 0 unspecified atom stereocenters. The highest BCUT2D eigenvalue weighted by atomic mass is 16.4. The summed E-state index contributed by atoms with van der Waals surface area (Å²) in [5.41, 5.74) is 2.28. The van der Waals surface area contributed by atoms with E-state index < -0.39 is 11.9 Å². The minimum Gasteiger partial charge on any atom is -0.481 e. The zero-order valence-electron chi connectivity index (χ0n) is 12.4. The fourth-order valence-corrected chi connectivity index (χ4v) is 1.67. The van der Waals surface area contributed by atoms with Crippen LogP contribution in [0.5, 0.6) is 0 Å². The van der Waals surface area contributed by atoms with E-state index in [4.69, 9.17) is 10.4 Å². The summed E-state index contributed by atoms with van der Waals surface area (Å²) in [6, 6.07) is 9.91. The lowest BCUT2D eigenvalue weighted by Crippen LogP contribution is -2.28. The molecule has 0 atom stereocenters. The Morgan fingerprint density at radius 3 is 2.55 bits per heavy atom. The smallest absolute Gasteiger partial charge is 0.305 e. The lowest BCUT2D eigenvalue weighted by molar-refractivity contribution is -0.136. The molecule has 0 heterocycles. The third-order valence-electron chi connectivity index (χ3n) is 2.91. The molecule has 1 aromatic carbocycles. The molecule has 0 aliphatic heterocycles. The Balaban J connectivity index is 2.38. The standard InChI is InChI=1S/C16H19N3O3/c1-12-2-4-13(5-3-12)6-8-18-11-14(10-17)16(22)19-9-7-15(20)21/h2-5,11,18H,6-9H2,1H3,(H,19,22)(H,20,21)/b14-11-. The number of rotatable bonds is 8. The third-order valence-corrected chi connectivity index (χ3v) is 2.91. The molecule has 1 amide bonds. The Bertz CT molecular complexity index is 586. The number of carboxylic acids is 1. The number of nitrogens with zero attached hydrogens (tertiary/aromatic N) is 1. The molecule has 6 heteroatoms. The number of amides is 1. The third kappa shape index (κ3) is 6.57. The predicted octanol–water partition coefficient (Wildman–Crippen LogP) is 1.13. The first-order valence-electron chi connectivity index (χ1n) is 6.92. The number of nitrogens with one attached hydrogen (secondary N) is 2. The van der Waals surface area contributed by atoms with Gasteiger partial charge in [0, 0.05) is 19.3 Å². The zero-order valence-corrected chi connectivity index (χ0v) is 12.4. The number of carbonyl (C=O) groups is 2. The van der Waals surface area contributed by atoms with Crippen LogP contribution >= 0.6 is 0 Å². The van der Waals surface area contributed by atoms with Crippen LogP contribution in [0.25, 0.3) is 0 Å². The van der Waals surface area contributed by atoms with E-state index in [2.05, 4.69) is 10.6 Å². The molecule has 0 spiro atoms. The summed E-state index contributed by atoms with van der Waals surface area (Å²) in [5, 5.41) is 22.7. The molecule has 0 aromatic heterocycles. The first-order chi connectivity index (χ1) is 10.5. The fourth-order valence-electron chi connectivity index (χ4n) is 1.67. The van der Waals surface area contributed by atoms with E-state index in [1.165, 1.54) is 11.8 Å². The maximum atomic E-state index is 11.6. The van der Waals surface area contributed by atoms with Crippen molar-refractivity contribution in [1.29, 1.82) is 5.26 Å². The van der Waals surface area contributed by atoms with Gasteiger partial charge < -0.3 is 15.7 Å². The number of carbonyl (C=O) groups excluding carboxylic acids is 1. The molecule has 0 bridgehead atoms. The normalized spacial score (nSPS) is 10.6. The topological polar surface area (TPSA) is 102 Å². The second kappa shape index (κ2) is 9.19. The second-order valence-corrected chi connectivity index (χ2v) is 4.76. The molecule has 6 nitrogen and oxygen atoms in total. The largest absolute Gasteiger partial charge is 0.481 e. The zero-order chi connectivity index (χ0) is 16.4. The molecule has 0 saturated carbocycles. The van der Waals surface area contributed by atoms with Crippen molar-refractivity contribution >= 4 is 11.9 Å². The molecule has 1 aromatic rings. The molecule has 0 aliphatic carbocycles. The molecule has 22 heavy (non-hydrogen) atoms. The molecule has 116 valence electrons. The lowest BCUT2D eigenvalue weighted by atomic mass is 10.1. The van der Waals surface area contributed by atoms with E-state index in [0.29, 0.717) is 6.54 Å². The maximum Gasteiger partial charge on any atom is 0.305 e. The van der Waals surface area contributed by atoms with Gasteiger partial charge in [0.15, 0.2) is 0 Å². The van der Waals surface area contributed by atoms with Gasteiger partial charge in [-0.3, -0.25) is 9.59 Å². The minimum absolute atomic E-state index is 0.00342. The number of hydrogen-bond donors (Lipinski definition) is 3. The van der Waals surface area contributed by atoms with Gasteiger partial charge in [-0.15, -0.1) is 0 Å². The summed E-state index contributed by atoms with van der Waals surface area (Å²) in [5.74, 6) is -1.58. The Labute approximate surface area is 129 Å². The molecule has 0 saturated heterocycles. The van der Waals surface area contributed by atoms with Gasteiger partial charge in [-0.1, -0.05) is 29.8 Å². The van der Waals surface area contributed by atoms with Crippen LogP contribution in [0, 0.1) is 18.3 Å². The van der Waals surface area contributed by atoms with Crippen molar-refractivity contribution < 1.29 is 14.7 Å². The highest BCUT2D eigenvalue weighted by molar-refractivity contribution is 5.97. The molecular weight excluding hydrogens is 282 g/mol.